The zero-order valence-corrected chi connectivity index (χ0v) is 14.7. The van der Waals surface area contributed by atoms with E-state index < -0.39 is 18.2 Å². The minimum absolute atomic E-state index is 0.343. The zero-order valence-electron chi connectivity index (χ0n) is 14.7. The predicted molar refractivity (Wildman–Crippen MR) is 97.4 cm³/mol. The Bertz CT molecular complexity index is 666. The van der Waals surface area contributed by atoms with Gasteiger partial charge in [-0.15, -0.1) is 0 Å². The predicted octanol–water partition coefficient (Wildman–Crippen LogP) is 2.90. The molecule has 2 aromatic carbocycles. The van der Waals surface area contributed by atoms with Gasteiger partial charge in [0.15, 0.2) is 0 Å². The van der Waals surface area contributed by atoms with E-state index in [9.17, 15) is 14.3 Å². The highest BCUT2D eigenvalue weighted by Crippen LogP contribution is 2.32. The molecular formula is C21H24FNO3. The van der Waals surface area contributed by atoms with Crippen LogP contribution in [0.1, 0.15) is 24.0 Å². The van der Waals surface area contributed by atoms with Crippen LogP contribution in [0.2, 0.25) is 0 Å². The molecule has 1 atom stereocenters. The van der Waals surface area contributed by atoms with Gasteiger partial charge in [-0.05, 0) is 30.5 Å². The number of carbonyl (C=O) groups is 1. The molecule has 0 amide bonds. The van der Waals surface area contributed by atoms with Gasteiger partial charge in [0.25, 0.3) is 0 Å². The maximum absolute atomic E-state index is 13.0. The third-order valence-corrected chi connectivity index (χ3v) is 4.82. The van der Waals surface area contributed by atoms with E-state index in [0.29, 0.717) is 30.6 Å². The summed E-state index contributed by atoms with van der Waals surface area (Å²) in [4.78, 5) is 15.0. The van der Waals surface area contributed by atoms with Crippen LogP contribution in [0.25, 0.3) is 0 Å². The molecule has 0 spiro atoms. The van der Waals surface area contributed by atoms with E-state index in [1.54, 1.807) is 48.5 Å². The van der Waals surface area contributed by atoms with Crippen molar-refractivity contribution in [3.05, 3.63) is 71.8 Å². The Morgan fingerprint density at radius 3 is 2.23 bits per heavy atom. The summed E-state index contributed by atoms with van der Waals surface area (Å²) in [6, 6.07) is 17.6. The Labute approximate surface area is 153 Å². The van der Waals surface area contributed by atoms with Crippen LogP contribution in [0.4, 0.5) is 4.39 Å². The number of rotatable bonds is 6. The van der Waals surface area contributed by atoms with Crippen molar-refractivity contribution >= 4 is 5.97 Å². The molecule has 1 aliphatic heterocycles. The van der Waals surface area contributed by atoms with Crippen LogP contribution >= 0.6 is 0 Å². The number of hydrogen-bond acceptors (Lipinski definition) is 4. The van der Waals surface area contributed by atoms with E-state index in [-0.39, 0.29) is 6.10 Å². The van der Waals surface area contributed by atoms with Gasteiger partial charge >= 0.3 is 5.97 Å². The van der Waals surface area contributed by atoms with Gasteiger partial charge < -0.3 is 9.84 Å². The van der Waals surface area contributed by atoms with Crippen LogP contribution in [0.5, 0.6) is 0 Å². The van der Waals surface area contributed by atoms with Crippen LogP contribution in [-0.4, -0.2) is 48.4 Å². The number of alkyl halides is 1. The van der Waals surface area contributed by atoms with Crippen molar-refractivity contribution in [3.8, 4) is 0 Å². The molecule has 1 N–H and O–H groups in total. The van der Waals surface area contributed by atoms with Gasteiger partial charge in [0.2, 0.25) is 5.60 Å². The van der Waals surface area contributed by atoms with Gasteiger partial charge in [-0.25, -0.2) is 9.18 Å². The van der Waals surface area contributed by atoms with Crippen molar-refractivity contribution < 1.29 is 19.0 Å². The highest BCUT2D eigenvalue weighted by Gasteiger charge is 2.43. The minimum Gasteiger partial charge on any atom is -0.458 e. The number of benzene rings is 2. The minimum atomic E-state index is -1.87. The van der Waals surface area contributed by atoms with Crippen LogP contribution in [0, 0.1) is 0 Å². The van der Waals surface area contributed by atoms with Gasteiger partial charge in [-0.1, -0.05) is 60.7 Å². The van der Waals surface area contributed by atoms with Crippen LogP contribution in [0.15, 0.2) is 60.7 Å². The first-order valence-electron chi connectivity index (χ1n) is 8.97. The fourth-order valence-corrected chi connectivity index (χ4v) is 3.43. The Balaban J connectivity index is 1.84. The number of hydrogen-bond donors (Lipinski definition) is 1. The van der Waals surface area contributed by atoms with Crippen molar-refractivity contribution in [2.24, 2.45) is 0 Å². The first-order chi connectivity index (χ1) is 12.6. The maximum Gasteiger partial charge on any atom is 0.348 e. The Kier molecular flexibility index (Phi) is 6.01. The van der Waals surface area contributed by atoms with E-state index in [2.05, 4.69) is 0 Å². The molecule has 1 aliphatic rings. The summed E-state index contributed by atoms with van der Waals surface area (Å²) in [6.07, 6.45) is 1.21. The Morgan fingerprint density at radius 1 is 1.12 bits per heavy atom. The van der Waals surface area contributed by atoms with Crippen molar-refractivity contribution in [3.63, 3.8) is 0 Å². The third-order valence-electron chi connectivity index (χ3n) is 4.82. The number of halogens is 1. The van der Waals surface area contributed by atoms with Crippen LogP contribution in [-0.2, 0) is 15.1 Å². The molecule has 1 saturated heterocycles. The molecule has 4 nitrogen and oxygen atoms in total. The molecule has 2 aromatic rings. The fourth-order valence-electron chi connectivity index (χ4n) is 3.43. The monoisotopic (exact) mass is 356 g/mol. The SMILES string of the molecule is O=C(OC1CCCN(CC[18F])C1)C(O)(c1ccccc1)c1ccccc1. The summed E-state index contributed by atoms with van der Waals surface area (Å²) in [7, 11) is 0. The van der Waals surface area contributed by atoms with Gasteiger partial charge in [0.05, 0.1) is 0 Å². The summed E-state index contributed by atoms with van der Waals surface area (Å²) in [6.45, 7) is 1.23. The lowest BCUT2D eigenvalue weighted by Gasteiger charge is -2.34. The normalized spacial score (nSPS) is 18.5. The lowest BCUT2D eigenvalue weighted by atomic mass is 9.86. The van der Waals surface area contributed by atoms with Gasteiger partial charge in [-0.3, -0.25) is 4.90 Å². The first-order valence-corrected chi connectivity index (χ1v) is 8.97. The molecule has 1 heterocycles. The molecule has 26 heavy (non-hydrogen) atoms. The molecule has 1 fully saturated rings. The van der Waals surface area contributed by atoms with E-state index >= 15 is 0 Å². The third kappa shape index (κ3) is 3.94. The summed E-state index contributed by atoms with van der Waals surface area (Å²) >= 11 is 0. The van der Waals surface area contributed by atoms with Crippen molar-refractivity contribution in [2.45, 2.75) is 24.5 Å². The van der Waals surface area contributed by atoms with Crippen LogP contribution in [0.3, 0.4) is 0 Å². The molecular weight excluding hydrogens is 332 g/mol. The van der Waals surface area contributed by atoms with E-state index in [4.69, 9.17) is 4.74 Å². The molecule has 3 rings (SSSR count). The molecule has 138 valence electrons. The smallest absolute Gasteiger partial charge is 0.348 e. The van der Waals surface area contributed by atoms with E-state index in [1.807, 2.05) is 17.0 Å². The first kappa shape index (κ1) is 18.5. The zero-order chi connectivity index (χ0) is 18.4. The highest BCUT2D eigenvalue weighted by molar-refractivity contribution is 5.85. The number of carbonyl (C=O) groups excluding carboxylic acids is 1. The molecule has 5 heteroatoms. The number of nitrogens with zero attached hydrogens (tertiary/aromatic N) is 1. The lowest BCUT2D eigenvalue weighted by molar-refractivity contribution is -0.170. The Morgan fingerprint density at radius 2 is 1.69 bits per heavy atom. The van der Waals surface area contributed by atoms with Crippen molar-refractivity contribution in [1.82, 2.24) is 4.90 Å². The number of esters is 1. The van der Waals surface area contributed by atoms with Crippen molar-refractivity contribution in [1.29, 1.82) is 0 Å². The maximum atomic E-state index is 13.0. The molecule has 1 unspecified atom stereocenters. The lowest BCUT2D eigenvalue weighted by Crippen LogP contribution is -2.46. The second-order valence-corrected chi connectivity index (χ2v) is 6.60. The molecule has 0 bridgehead atoms. The van der Waals surface area contributed by atoms with Crippen LogP contribution < -0.4 is 0 Å². The summed E-state index contributed by atoms with van der Waals surface area (Å²) in [5.41, 5.74) is -0.939. The quantitative estimate of drug-likeness (QED) is 0.809. The van der Waals surface area contributed by atoms with Gasteiger partial charge in [0, 0.05) is 13.1 Å². The highest BCUT2D eigenvalue weighted by atomic mass is 18.2. The average Bonchev–Trinajstić information content (AvgIpc) is 2.69. The number of ether oxygens (including phenoxy) is 1. The molecule has 0 aromatic heterocycles. The molecule has 0 saturated carbocycles. The summed E-state index contributed by atoms with van der Waals surface area (Å²) in [5.74, 6) is -0.693. The van der Waals surface area contributed by atoms with Gasteiger partial charge in [-0.2, -0.15) is 0 Å². The number of piperidine rings is 1. The fraction of sp³-hybridized carbons (Fsp3) is 0.381. The summed E-state index contributed by atoms with van der Waals surface area (Å²) in [5, 5.41) is 11.4. The molecule has 0 radical (unpaired) electrons. The summed E-state index contributed by atoms with van der Waals surface area (Å²) < 4.78 is 18.3. The second kappa shape index (κ2) is 8.43. The van der Waals surface area contributed by atoms with E-state index in [0.717, 1.165) is 13.0 Å². The number of aliphatic hydroxyl groups is 1. The van der Waals surface area contributed by atoms with E-state index in [1.165, 1.54) is 0 Å². The Hall–Kier alpha value is -2.24. The largest absolute Gasteiger partial charge is 0.458 e. The topological polar surface area (TPSA) is 49.8 Å². The van der Waals surface area contributed by atoms with Crippen molar-refractivity contribution in [2.75, 3.05) is 26.3 Å². The van der Waals surface area contributed by atoms with Gasteiger partial charge in [0.1, 0.15) is 12.8 Å². The second-order valence-electron chi connectivity index (χ2n) is 6.60. The average molecular weight is 356 g/mol. The number of likely N-dealkylation sites (tertiary alicyclic amines) is 1. The molecule has 0 aliphatic carbocycles. The standard InChI is InChI=1S/C21H24FNO3/c22-13-15-23-14-7-12-19(16-23)26-20(24)21(25,17-8-3-1-4-9-17)18-10-5-2-6-11-18/h1-6,8-11,19,25H,7,12-16H2/i22-1.